The van der Waals surface area contributed by atoms with Gasteiger partial charge in [0.2, 0.25) is 11.8 Å². The predicted molar refractivity (Wildman–Crippen MR) is 107 cm³/mol. The van der Waals surface area contributed by atoms with Crippen LogP contribution in [0, 0.1) is 17.3 Å². The lowest BCUT2D eigenvalue weighted by Gasteiger charge is -2.33. The summed E-state index contributed by atoms with van der Waals surface area (Å²) >= 11 is 12.2. The Bertz CT molecular complexity index is 951. The number of ketones is 1. The fourth-order valence-electron chi connectivity index (χ4n) is 4.18. The molecule has 8 heteroatoms. The number of benzene rings is 1. The highest BCUT2D eigenvalue weighted by Gasteiger charge is 2.64. The molecule has 0 aliphatic carbocycles. The SMILES string of the molecule is CC(C)(C)C(=O)[C@@H]1[C@@H]2C(=O)N(c3ccc(Cl)cc3Cl)C(=O)[C@@H]2[C@@H]2C=CC=NN12. The first kappa shape index (κ1) is 19.2. The zero-order valence-electron chi connectivity index (χ0n) is 15.6. The topological polar surface area (TPSA) is 70.0 Å². The van der Waals surface area contributed by atoms with Crippen molar-refractivity contribution in [3.8, 4) is 0 Å². The van der Waals surface area contributed by atoms with Gasteiger partial charge in [0.05, 0.1) is 28.6 Å². The summed E-state index contributed by atoms with van der Waals surface area (Å²) in [4.78, 5) is 41.0. The molecule has 3 aliphatic rings. The van der Waals surface area contributed by atoms with Crippen LogP contribution in [-0.4, -0.2) is 40.9 Å². The molecule has 0 bridgehead atoms. The molecule has 1 aromatic carbocycles. The third-order valence-electron chi connectivity index (χ3n) is 5.45. The van der Waals surface area contributed by atoms with Crippen LogP contribution in [0.1, 0.15) is 20.8 Å². The molecule has 1 aromatic rings. The number of halogens is 2. The Labute approximate surface area is 172 Å². The normalized spacial score (nSPS) is 28.8. The molecular weight excluding hydrogens is 401 g/mol. The fourth-order valence-corrected chi connectivity index (χ4v) is 4.67. The summed E-state index contributed by atoms with van der Waals surface area (Å²) < 4.78 is 0. The van der Waals surface area contributed by atoms with Crippen LogP contribution in [0.25, 0.3) is 0 Å². The van der Waals surface area contributed by atoms with Gasteiger partial charge < -0.3 is 0 Å². The lowest BCUT2D eigenvalue weighted by atomic mass is 9.80. The van der Waals surface area contributed by atoms with Gasteiger partial charge in [-0.2, -0.15) is 5.10 Å². The number of allylic oxidation sites excluding steroid dienone is 1. The number of Topliss-reactive ketones (excluding diaryl/α,β-unsaturated/α-hetero) is 1. The highest BCUT2D eigenvalue weighted by atomic mass is 35.5. The zero-order valence-corrected chi connectivity index (χ0v) is 17.1. The predicted octanol–water partition coefficient (Wildman–Crippen LogP) is 3.32. The number of hydrogen-bond donors (Lipinski definition) is 0. The lowest BCUT2D eigenvalue weighted by molar-refractivity contribution is -0.136. The van der Waals surface area contributed by atoms with E-state index in [1.165, 1.54) is 6.07 Å². The van der Waals surface area contributed by atoms with Crippen LogP contribution in [0.4, 0.5) is 5.69 Å². The van der Waals surface area contributed by atoms with Crippen molar-refractivity contribution in [3.05, 3.63) is 40.4 Å². The van der Waals surface area contributed by atoms with E-state index in [0.717, 1.165) is 4.90 Å². The Morgan fingerprint density at radius 1 is 1.11 bits per heavy atom. The van der Waals surface area contributed by atoms with E-state index in [1.807, 2.05) is 6.08 Å². The summed E-state index contributed by atoms with van der Waals surface area (Å²) in [6.07, 6.45) is 5.12. The average molecular weight is 420 g/mol. The molecule has 2 saturated heterocycles. The maximum absolute atomic E-state index is 13.4. The van der Waals surface area contributed by atoms with E-state index in [9.17, 15) is 14.4 Å². The third kappa shape index (κ3) is 2.70. The maximum atomic E-state index is 13.4. The zero-order chi connectivity index (χ0) is 20.4. The van der Waals surface area contributed by atoms with Crippen LogP contribution in [0.3, 0.4) is 0 Å². The van der Waals surface area contributed by atoms with Crippen LogP contribution in [-0.2, 0) is 14.4 Å². The molecular formula is C20H19Cl2N3O3. The Balaban J connectivity index is 1.81. The first-order valence-electron chi connectivity index (χ1n) is 8.99. The molecule has 6 nitrogen and oxygen atoms in total. The average Bonchev–Trinajstić information content (AvgIpc) is 3.08. The fraction of sp³-hybridized carbons (Fsp3) is 0.400. The molecule has 4 rings (SSSR count). The number of carbonyl (C=O) groups excluding carboxylic acids is 3. The summed E-state index contributed by atoms with van der Waals surface area (Å²) in [5, 5.41) is 6.55. The number of imide groups is 1. The van der Waals surface area contributed by atoms with Crippen molar-refractivity contribution in [1.82, 2.24) is 5.01 Å². The van der Waals surface area contributed by atoms with Gasteiger partial charge in [0.1, 0.15) is 6.04 Å². The molecule has 2 amide bonds. The molecule has 0 aromatic heterocycles. The molecule has 0 spiro atoms. The molecule has 3 heterocycles. The van der Waals surface area contributed by atoms with Gasteiger partial charge >= 0.3 is 0 Å². The number of anilines is 1. The number of rotatable bonds is 2. The molecule has 0 N–H and O–H groups in total. The van der Waals surface area contributed by atoms with E-state index in [0.29, 0.717) is 5.02 Å². The van der Waals surface area contributed by atoms with Crippen molar-refractivity contribution in [2.45, 2.75) is 32.9 Å². The lowest BCUT2D eigenvalue weighted by Crippen LogP contribution is -2.49. The molecule has 4 atom stereocenters. The van der Waals surface area contributed by atoms with Crippen molar-refractivity contribution >= 4 is 52.7 Å². The molecule has 2 fully saturated rings. The molecule has 0 radical (unpaired) electrons. The minimum absolute atomic E-state index is 0.123. The summed E-state index contributed by atoms with van der Waals surface area (Å²) in [6, 6.07) is 3.37. The quantitative estimate of drug-likeness (QED) is 0.689. The van der Waals surface area contributed by atoms with Crippen LogP contribution >= 0.6 is 23.2 Å². The van der Waals surface area contributed by atoms with Crippen molar-refractivity contribution in [2.75, 3.05) is 4.90 Å². The number of hydrogen-bond acceptors (Lipinski definition) is 5. The van der Waals surface area contributed by atoms with E-state index in [2.05, 4.69) is 5.10 Å². The number of hydrazone groups is 1. The van der Waals surface area contributed by atoms with Crippen molar-refractivity contribution in [3.63, 3.8) is 0 Å². The first-order valence-corrected chi connectivity index (χ1v) is 9.75. The second-order valence-electron chi connectivity index (χ2n) is 8.24. The smallest absolute Gasteiger partial charge is 0.240 e. The second kappa shape index (κ2) is 6.42. The summed E-state index contributed by atoms with van der Waals surface area (Å²) in [5.74, 6) is -2.43. The Hall–Kier alpha value is -2.18. The third-order valence-corrected chi connectivity index (χ3v) is 5.99. The van der Waals surface area contributed by atoms with Crippen LogP contribution in [0.5, 0.6) is 0 Å². The largest absolute Gasteiger partial charge is 0.297 e. The van der Waals surface area contributed by atoms with Gasteiger partial charge in [-0.25, -0.2) is 4.90 Å². The highest BCUT2D eigenvalue weighted by molar-refractivity contribution is 6.38. The minimum Gasteiger partial charge on any atom is -0.297 e. The van der Waals surface area contributed by atoms with E-state index in [1.54, 1.807) is 50.2 Å². The number of carbonyl (C=O) groups is 3. The van der Waals surface area contributed by atoms with Gasteiger partial charge in [-0.05, 0) is 24.3 Å². The molecule has 0 saturated carbocycles. The number of amides is 2. The monoisotopic (exact) mass is 419 g/mol. The van der Waals surface area contributed by atoms with Gasteiger partial charge in [0.15, 0.2) is 5.78 Å². The van der Waals surface area contributed by atoms with E-state index < -0.39 is 35.2 Å². The minimum atomic E-state index is -0.809. The summed E-state index contributed by atoms with van der Waals surface area (Å²) in [5.41, 5.74) is -0.401. The standard InChI is InChI=1S/C20H19Cl2N3O3/c1-20(2,3)17(26)16-15-14(13-5-4-8-23-25(13)16)18(27)24(19(15)28)12-7-6-10(21)9-11(12)22/h4-9,13-16H,1-3H3/t13-,14+,15+,16-/m0/s1. The van der Waals surface area contributed by atoms with Crippen molar-refractivity contribution < 1.29 is 14.4 Å². The maximum Gasteiger partial charge on any atom is 0.240 e. The second-order valence-corrected chi connectivity index (χ2v) is 9.08. The molecule has 146 valence electrons. The first-order chi connectivity index (χ1) is 13.1. The number of fused-ring (bicyclic) bond motifs is 3. The van der Waals surface area contributed by atoms with Gasteiger partial charge in [-0.3, -0.25) is 19.4 Å². The highest BCUT2D eigenvalue weighted by Crippen LogP contribution is 2.48. The van der Waals surface area contributed by atoms with E-state index in [4.69, 9.17) is 23.2 Å². The summed E-state index contributed by atoms with van der Waals surface area (Å²) in [6.45, 7) is 5.41. The Morgan fingerprint density at radius 3 is 2.43 bits per heavy atom. The molecule has 28 heavy (non-hydrogen) atoms. The van der Waals surface area contributed by atoms with Crippen LogP contribution < -0.4 is 4.90 Å². The Morgan fingerprint density at radius 2 is 1.79 bits per heavy atom. The molecule has 3 aliphatic heterocycles. The van der Waals surface area contributed by atoms with Crippen LogP contribution in [0.15, 0.2) is 35.5 Å². The van der Waals surface area contributed by atoms with E-state index in [-0.39, 0.29) is 22.4 Å². The van der Waals surface area contributed by atoms with Gasteiger partial charge in [-0.1, -0.05) is 50.0 Å². The van der Waals surface area contributed by atoms with Gasteiger partial charge in [0.25, 0.3) is 0 Å². The van der Waals surface area contributed by atoms with Crippen LogP contribution in [0.2, 0.25) is 10.0 Å². The van der Waals surface area contributed by atoms with Gasteiger partial charge in [0, 0.05) is 16.7 Å². The summed E-state index contributed by atoms with van der Waals surface area (Å²) in [7, 11) is 0. The van der Waals surface area contributed by atoms with Crippen molar-refractivity contribution in [1.29, 1.82) is 0 Å². The van der Waals surface area contributed by atoms with E-state index >= 15 is 0 Å². The Kier molecular flexibility index (Phi) is 4.39. The van der Waals surface area contributed by atoms with Crippen molar-refractivity contribution in [2.24, 2.45) is 22.4 Å². The number of nitrogens with zero attached hydrogens (tertiary/aromatic N) is 3. The van der Waals surface area contributed by atoms with Gasteiger partial charge in [-0.15, -0.1) is 0 Å². The molecule has 0 unspecified atom stereocenters.